The number of alkyl halides is 2. The molecule has 0 aromatic carbocycles. The van der Waals surface area contributed by atoms with Crippen molar-refractivity contribution in [3.05, 3.63) is 0 Å². The van der Waals surface area contributed by atoms with E-state index in [4.69, 9.17) is 11.6 Å². The molecule has 1 aliphatic rings. The van der Waals surface area contributed by atoms with E-state index in [9.17, 15) is 10.2 Å². The van der Waals surface area contributed by atoms with Crippen LogP contribution in [0.25, 0.3) is 0 Å². The van der Waals surface area contributed by atoms with Crippen LogP contribution in [0.4, 0.5) is 0 Å². The molecule has 0 radical (unpaired) electrons. The van der Waals surface area contributed by atoms with Gasteiger partial charge in [0.1, 0.15) is 0 Å². The Hall–Kier alpha value is 0.690. The van der Waals surface area contributed by atoms with Gasteiger partial charge in [0.2, 0.25) is 0 Å². The monoisotopic (exact) mass is 284 g/mol. The third-order valence-corrected chi connectivity index (χ3v) is 5.13. The summed E-state index contributed by atoms with van der Waals surface area (Å²) in [5, 5.41) is 19.5. The topological polar surface area (TPSA) is 40.5 Å². The van der Waals surface area contributed by atoms with Crippen molar-refractivity contribution < 1.29 is 10.2 Å². The fraction of sp³-hybridized carbons (Fsp3) is 1.00. The fourth-order valence-corrected chi connectivity index (χ4v) is 2.88. The number of hydrogen-bond acceptors (Lipinski definition) is 2. The molecule has 1 aliphatic carbocycles. The molecule has 0 aromatic heterocycles. The van der Waals surface area contributed by atoms with E-state index in [1.54, 1.807) is 0 Å². The SMILES string of the molecule is CC1(C)CC(C(O)CCl)C(O)CC1Br. The molecule has 84 valence electrons. The zero-order valence-electron chi connectivity index (χ0n) is 8.58. The van der Waals surface area contributed by atoms with Gasteiger partial charge < -0.3 is 10.2 Å². The molecule has 0 spiro atoms. The van der Waals surface area contributed by atoms with Crippen molar-refractivity contribution >= 4 is 27.5 Å². The van der Waals surface area contributed by atoms with Crippen molar-refractivity contribution in [1.82, 2.24) is 0 Å². The van der Waals surface area contributed by atoms with E-state index in [0.717, 1.165) is 6.42 Å². The summed E-state index contributed by atoms with van der Waals surface area (Å²) in [6.45, 7) is 4.29. The number of hydrogen-bond donors (Lipinski definition) is 2. The van der Waals surface area contributed by atoms with Crippen molar-refractivity contribution in [2.45, 2.75) is 43.7 Å². The molecule has 1 fully saturated rings. The van der Waals surface area contributed by atoms with Crippen molar-refractivity contribution in [2.24, 2.45) is 11.3 Å². The standard InChI is InChI=1S/C10H18BrClO2/c1-10(2)4-6(8(14)5-12)7(13)3-9(10)11/h6-9,13-14H,3-5H2,1-2H3. The summed E-state index contributed by atoms with van der Waals surface area (Å²) in [6, 6.07) is 0. The van der Waals surface area contributed by atoms with Crippen molar-refractivity contribution in [2.75, 3.05) is 5.88 Å². The molecule has 0 aromatic rings. The number of aliphatic hydroxyl groups excluding tert-OH is 2. The summed E-state index contributed by atoms with van der Waals surface area (Å²) in [4.78, 5) is 0.309. The lowest BCUT2D eigenvalue weighted by Gasteiger charge is -2.43. The van der Waals surface area contributed by atoms with Gasteiger partial charge in [0, 0.05) is 16.6 Å². The summed E-state index contributed by atoms with van der Waals surface area (Å²) in [6.07, 6.45) is 0.455. The molecule has 2 N–H and O–H groups in total. The van der Waals surface area contributed by atoms with E-state index in [1.807, 2.05) is 0 Å². The Labute approximate surface area is 98.8 Å². The number of rotatable bonds is 2. The highest BCUT2D eigenvalue weighted by Gasteiger charge is 2.42. The minimum Gasteiger partial charge on any atom is -0.393 e. The Balaban J connectivity index is 2.70. The van der Waals surface area contributed by atoms with Gasteiger partial charge in [-0.1, -0.05) is 29.8 Å². The largest absolute Gasteiger partial charge is 0.393 e. The molecule has 2 nitrogen and oxygen atoms in total. The van der Waals surface area contributed by atoms with Gasteiger partial charge in [-0.3, -0.25) is 0 Å². The second kappa shape index (κ2) is 4.69. The van der Waals surface area contributed by atoms with Gasteiger partial charge in [-0.25, -0.2) is 0 Å². The van der Waals surface area contributed by atoms with Crippen molar-refractivity contribution in [3.63, 3.8) is 0 Å². The zero-order valence-corrected chi connectivity index (χ0v) is 10.9. The summed E-state index contributed by atoms with van der Waals surface area (Å²) in [5.74, 6) is 0.112. The second-order valence-corrected chi connectivity index (χ2v) is 6.26. The van der Waals surface area contributed by atoms with E-state index in [1.165, 1.54) is 0 Å². The third kappa shape index (κ3) is 2.63. The van der Waals surface area contributed by atoms with Gasteiger partial charge in [0.15, 0.2) is 0 Å². The average Bonchev–Trinajstić information content (AvgIpc) is 2.10. The predicted octanol–water partition coefficient (Wildman–Crippen LogP) is 2.15. The Kier molecular flexibility index (Phi) is 4.27. The fourth-order valence-electron chi connectivity index (χ4n) is 2.08. The quantitative estimate of drug-likeness (QED) is 0.763. The second-order valence-electron chi connectivity index (χ2n) is 4.85. The Morgan fingerprint density at radius 2 is 2.14 bits per heavy atom. The highest BCUT2D eigenvalue weighted by atomic mass is 79.9. The van der Waals surface area contributed by atoms with E-state index in [0.29, 0.717) is 11.2 Å². The van der Waals surface area contributed by atoms with E-state index in [-0.39, 0.29) is 17.2 Å². The van der Waals surface area contributed by atoms with Crippen LogP contribution in [0, 0.1) is 11.3 Å². The van der Waals surface area contributed by atoms with Crippen molar-refractivity contribution in [3.8, 4) is 0 Å². The molecule has 0 aliphatic heterocycles. The van der Waals surface area contributed by atoms with E-state index < -0.39 is 12.2 Å². The zero-order chi connectivity index (χ0) is 10.9. The highest BCUT2D eigenvalue weighted by Crippen LogP contribution is 2.44. The Bertz CT molecular complexity index is 199. The molecule has 4 heteroatoms. The molecule has 14 heavy (non-hydrogen) atoms. The van der Waals surface area contributed by atoms with E-state index in [2.05, 4.69) is 29.8 Å². The minimum atomic E-state index is -0.592. The van der Waals surface area contributed by atoms with Crippen LogP contribution < -0.4 is 0 Å². The molecule has 1 rings (SSSR count). The van der Waals surface area contributed by atoms with Crippen molar-refractivity contribution in [1.29, 1.82) is 0 Å². The molecular weight excluding hydrogens is 267 g/mol. The molecule has 4 atom stereocenters. The molecule has 1 saturated carbocycles. The lowest BCUT2D eigenvalue weighted by atomic mass is 9.69. The van der Waals surface area contributed by atoms with Gasteiger partial charge in [0.25, 0.3) is 0 Å². The van der Waals surface area contributed by atoms with Gasteiger partial charge in [-0.15, -0.1) is 11.6 Å². The van der Waals surface area contributed by atoms with Crippen LogP contribution in [-0.4, -0.2) is 33.1 Å². The number of aliphatic hydroxyl groups is 2. The van der Waals surface area contributed by atoms with E-state index >= 15 is 0 Å². The predicted molar refractivity (Wildman–Crippen MR) is 62.0 cm³/mol. The molecule has 0 bridgehead atoms. The highest BCUT2D eigenvalue weighted by molar-refractivity contribution is 9.09. The normalized spacial score (nSPS) is 39.4. The maximum atomic E-state index is 9.82. The maximum Gasteiger partial charge on any atom is 0.0728 e. The van der Waals surface area contributed by atoms with Crippen LogP contribution in [0.5, 0.6) is 0 Å². The minimum absolute atomic E-state index is 0.0868. The lowest BCUT2D eigenvalue weighted by Crippen LogP contribution is -2.46. The first-order valence-corrected chi connectivity index (χ1v) is 6.39. The van der Waals surface area contributed by atoms with Gasteiger partial charge >= 0.3 is 0 Å². The molecule has 0 saturated heterocycles. The number of halogens is 2. The maximum absolute atomic E-state index is 9.82. The third-order valence-electron chi connectivity index (χ3n) is 3.20. The van der Waals surface area contributed by atoms with Crippen LogP contribution in [0.3, 0.4) is 0 Å². The Morgan fingerprint density at radius 3 is 2.64 bits per heavy atom. The Morgan fingerprint density at radius 1 is 1.57 bits per heavy atom. The van der Waals surface area contributed by atoms with Crippen LogP contribution in [0.2, 0.25) is 0 Å². The molecule has 4 unspecified atom stereocenters. The van der Waals surface area contributed by atoms with Crippen LogP contribution in [0.15, 0.2) is 0 Å². The molecule has 0 amide bonds. The first-order chi connectivity index (χ1) is 6.38. The molecule has 0 heterocycles. The lowest BCUT2D eigenvalue weighted by molar-refractivity contribution is -0.0323. The first-order valence-electron chi connectivity index (χ1n) is 4.94. The first kappa shape index (κ1) is 12.8. The van der Waals surface area contributed by atoms with Gasteiger partial charge in [-0.05, 0) is 18.3 Å². The summed E-state index contributed by atoms with van der Waals surface area (Å²) < 4.78 is 0. The van der Waals surface area contributed by atoms with Gasteiger partial charge in [0.05, 0.1) is 12.2 Å². The smallest absolute Gasteiger partial charge is 0.0728 e. The van der Waals surface area contributed by atoms with Gasteiger partial charge in [-0.2, -0.15) is 0 Å². The summed E-state index contributed by atoms with van der Waals surface area (Å²) in [5.41, 5.74) is 0.108. The van der Waals surface area contributed by atoms with Crippen LogP contribution in [0.1, 0.15) is 26.7 Å². The van der Waals surface area contributed by atoms with Crippen LogP contribution >= 0.6 is 27.5 Å². The molecular formula is C10H18BrClO2. The summed E-state index contributed by atoms with van der Waals surface area (Å²) in [7, 11) is 0. The van der Waals surface area contributed by atoms with Crippen LogP contribution in [-0.2, 0) is 0 Å². The average molecular weight is 286 g/mol. The summed E-state index contributed by atoms with van der Waals surface area (Å²) >= 11 is 9.18.